The first-order chi connectivity index (χ1) is 25.0. The third-order valence-corrected chi connectivity index (χ3v) is 10.6. The van der Waals surface area contributed by atoms with Crippen LogP contribution >= 0.6 is 0 Å². The summed E-state index contributed by atoms with van der Waals surface area (Å²) in [6.07, 6.45) is -1.22. The maximum atomic E-state index is 12.4. The number of hydrogen-bond donors (Lipinski definition) is 0. The normalized spacial score (nSPS) is 37.0. The van der Waals surface area contributed by atoms with Crippen LogP contribution < -0.4 is 0 Å². The first kappa shape index (κ1) is 39.0. The van der Waals surface area contributed by atoms with E-state index in [-0.39, 0.29) is 55.4 Å². The van der Waals surface area contributed by atoms with Gasteiger partial charge in [0.05, 0.1) is 69.5 Å². The smallest absolute Gasteiger partial charge is 0.303 e. The van der Waals surface area contributed by atoms with Gasteiger partial charge < -0.3 is 47.4 Å². The maximum Gasteiger partial charge on any atom is 0.303 e. The Kier molecular flexibility index (Phi) is 12.9. The first-order valence-corrected chi connectivity index (χ1v) is 18.6. The van der Waals surface area contributed by atoms with Crippen LogP contribution in [0.2, 0.25) is 0 Å². The molecule has 6 rings (SSSR count). The number of benzene rings is 2. The lowest BCUT2D eigenvalue weighted by molar-refractivity contribution is -0.336. The molecule has 0 amide bonds. The van der Waals surface area contributed by atoms with Gasteiger partial charge in [0.15, 0.2) is 24.5 Å². The molecule has 11 heteroatoms. The Morgan fingerprint density at radius 2 is 1.56 bits per heavy atom. The van der Waals surface area contributed by atoms with E-state index in [1.54, 1.807) is 6.08 Å². The van der Waals surface area contributed by atoms with E-state index < -0.39 is 48.8 Å². The minimum Gasteiger partial charge on any atom is -0.454 e. The highest BCUT2D eigenvalue weighted by Gasteiger charge is 2.57. The number of carbonyl (C=O) groups is 1. The molecule has 52 heavy (non-hydrogen) atoms. The summed E-state index contributed by atoms with van der Waals surface area (Å²) < 4.78 is 64.0. The van der Waals surface area contributed by atoms with Crippen molar-refractivity contribution < 1.29 is 52.2 Å². The van der Waals surface area contributed by atoms with Gasteiger partial charge in [-0.1, -0.05) is 80.6 Å². The lowest BCUT2D eigenvalue weighted by Gasteiger charge is -2.46. The van der Waals surface area contributed by atoms with E-state index in [0.29, 0.717) is 19.8 Å². The molecule has 286 valence electrons. The molecule has 0 saturated carbocycles. The molecule has 4 heterocycles. The number of fused-ring (bicyclic) bond motifs is 1. The van der Waals surface area contributed by atoms with Gasteiger partial charge in [-0.3, -0.25) is 4.79 Å². The van der Waals surface area contributed by atoms with Crippen LogP contribution in [0.25, 0.3) is 0 Å². The summed E-state index contributed by atoms with van der Waals surface area (Å²) in [6, 6.07) is 19.9. The summed E-state index contributed by atoms with van der Waals surface area (Å²) in [7, 11) is 0. The van der Waals surface area contributed by atoms with E-state index in [0.717, 1.165) is 17.5 Å². The Morgan fingerprint density at radius 1 is 0.885 bits per heavy atom. The second-order valence-electron chi connectivity index (χ2n) is 15.2. The SMILES string of the molecule is C=CCO[C@@H]1OC(C)[C@H](O[C@@H]2OC[C@@H](OCc3ccccc3)C(O[C@@H]3OC[C@](COCc4ccccc4)(OC(C)=O)C3C)C2C)C2OC(C)(C)CC21. The zero-order valence-electron chi connectivity index (χ0n) is 31.3. The van der Waals surface area contributed by atoms with Crippen molar-refractivity contribution in [2.75, 3.05) is 26.4 Å². The fraction of sp³-hybridized carbons (Fsp3) is 0.634. The van der Waals surface area contributed by atoms with Gasteiger partial charge >= 0.3 is 5.97 Å². The summed E-state index contributed by atoms with van der Waals surface area (Å²) in [5, 5.41) is 0. The molecule has 4 aliphatic heterocycles. The standard InChI is InChI=1S/C41H56O11/c1-8-19-44-39-32-20-40(6,7)52-36(32)35(28(4)48-39)50-37-26(2)34(33(23-46-37)45-22-31-17-13-10-14-18-31)49-38-27(3)41(25-47-38,51-29(5)42)24-43-21-30-15-11-9-12-16-30/h8-18,26-28,32-39H,1,19-25H2,2-7H3/t26?,27?,28?,32?,33-,34?,35+,36?,37+,38+,39-,41+/m1/s1. The molecule has 4 saturated heterocycles. The quantitative estimate of drug-likeness (QED) is 0.160. The zero-order valence-corrected chi connectivity index (χ0v) is 31.3. The molecule has 6 unspecified atom stereocenters. The van der Waals surface area contributed by atoms with Crippen molar-refractivity contribution in [1.29, 1.82) is 0 Å². The third-order valence-electron chi connectivity index (χ3n) is 10.6. The molecule has 0 N–H and O–H groups in total. The Hall–Kier alpha value is -2.71. The number of ether oxygens (including phenoxy) is 10. The second kappa shape index (κ2) is 17.2. The Labute approximate surface area is 308 Å². The van der Waals surface area contributed by atoms with Crippen LogP contribution in [0.5, 0.6) is 0 Å². The van der Waals surface area contributed by atoms with Crippen LogP contribution in [-0.4, -0.2) is 93.0 Å². The van der Waals surface area contributed by atoms with Gasteiger partial charge in [0.2, 0.25) is 0 Å². The molecule has 0 aliphatic carbocycles. The summed E-state index contributed by atoms with van der Waals surface area (Å²) in [5.41, 5.74) is 0.666. The van der Waals surface area contributed by atoms with Gasteiger partial charge in [0.25, 0.3) is 0 Å². The number of hydrogen-bond acceptors (Lipinski definition) is 11. The zero-order chi connectivity index (χ0) is 36.9. The van der Waals surface area contributed by atoms with Crippen molar-refractivity contribution in [2.24, 2.45) is 17.8 Å². The minimum atomic E-state index is -1.03. The van der Waals surface area contributed by atoms with Crippen LogP contribution in [-0.2, 0) is 65.4 Å². The van der Waals surface area contributed by atoms with Crippen LogP contribution in [0.1, 0.15) is 59.1 Å². The fourth-order valence-electron chi connectivity index (χ4n) is 7.89. The van der Waals surface area contributed by atoms with Gasteiger partial charge in [0.1, 0.15) is 12.2 Å². The maximum absolute atomic E-state index is 12.4. The number of rotatable bonds is 15. The van der Waals surface area contributed by atoms with Crippen molar-refractivity contribution >= 4 is 5.97 Å². The van der Waals surface area contributed by atoms with Gasteiger partial charge in [-0.05, 0) is 38.3 Å². The monoisotopic (exact) mass is 724 g/mol. The van der Waals surface area contributed by atoms with Gasteiger partial charge in [0, 0.05) is 18.8 Å². The summed E-state index contributed by atoms with van der Waals surface area (Å²) in [6.45, 7) is 17.0. The largest absolute Gasteiger partial charge is 0.454 e. The molecule has 0 bridgehead atoms. The molecule has 0 spiro atoms. The van der Waals surface area contributed by atoms with Crippen molar-refractivity contribution in [3.8, 4) is 0 Å². The highest BCUT2D eigenvalue weighted by Crippen LogP contribution is 2.46. The molecule has 2 aromatic rings. The predicted octanol–water partition coefficient (Wildman–Crippen LogP) is 5.98. The van der Waals surface area contributed by atoms with E-state index in [9.17, 15) is 4.79 Å². The van der Waals surface area contributed by atoms with E-state index in [2.05, 4.69) is 20.4 Å². The second-order valence-corrected chi connectivity index (χ2v) is 15.2. The van der Waals surface area contributed by atoms with Gasteiger partial charge in [-0.15, -0.1) is 6.58 Å². The van der Waals surface area contributed by atoms with Gasteiger partial charge in [-0.25, -0.2) is 0 Å². The number of carbonyl (C=O) groups excluding carboxylic acids is 1. The molecular formula is C41H56O11. The van der Waals surface area contributed by atoms with E-state index in [1.807, 2.05) is 81.4 Å². The fourth-order valence-corrected chi connectivity index (χ4v) is 7.89. The topological polar surface area (TPSA) is 109 Å². The van der Waals surface area contributed by atoms with Crippen LogP contribution in [0.3, 0.4) is 0 Å². The lowest BCUT2D eigenvalue weighted by Crippen LogP contribution is -2.58. The first-order valence-electron chi connectivity index (χ1n) is 18.6. The Bertz CT molecular complexity index is 1440. The van der Waals surface area contributed by atoms with Crippen LogP contribution in [0.4, 0.5) is 0 Å². The lowest BCUT2D eigenvalue weighted by atomic mass is 9.87. The van der Waals surface area contributed by atoms with Crippen molar-refractivity contribution in [2.45, 2.75) is 122 Å². The predicted molar refractivity (Wildman–Crippen MR) is 191 cm³/mol. The molecule has 4 fully saturated rings. The Morgan fingerprint density at radius 3 is 2.23 bits per heavy atom. The minimum absolute atomic E-state index is 0.0182. The van der Waals surface area contributed by atoms with Crippen molar-refractivity contribution in [3.63, 3.8) is 0 Å². The average molecular weight is 725 g/mol. The molecule has 11 nitrogen and oxygen atoms in total. The molecule has 2 aromatic carbocycles. The van der Waals surface area contributed by atoms with E-state index in [1.165, 1.54) is 6.92 Å². The highest BCUT2D eigenvalue weighted by molar-refractivity contribution is 5.66. The highest BCUT2D eigenvalue weighted by atomic mass is 16.7. The van der Waals surface area contributed by atoms with Crippen LogP contribution in [0.15, 0.2) is 73.3 Å². The number of esters is 1. The molecular weight excluding hydrogens is 668 g/mol. The van der Waals surface area contributed by atoms with Gasteiger partial charge in [-0.2, -0.15) is 0 Å². The van der Waals surface area contributed by atoms with E-state index >= 15 is 0 Å². The average Bonchev–Trinajstić information content (AvgIpc) is 3.61. The molecule has 4 aliphatic rings. The Balaban J connectivity index is 1.18. The molecule has 0 radical (unpaired) electrons. The van der Waals surface area contributed by atoms with E-state index in [4.69, 9.17) is 47.4 Å². The van der Waals surface area contributed by atoms with Crippen molar-refractivity contribution in [3.05, 3.63) is 84.4 Å². The van der Waals surface area contributed by atoms with Crippen molar-refractivity contribution in [1.82, 2.24) is 0 Å². The summed E-state index contributed by atoms with van der Waals surface area (Å²) in [5.74, 6) is -1.08. The molecule has 12 atom stereocenters. The molecule has 0 aromatic heterocycles. The summed E-state index contributed by atoms with van der Waals surface area (Å²) in [4.78, 5) is 12.4. The summed E-state index contributed by atoms with van der Waals surface area (Å²) >= 11 is 0. The third kappa shape index (κ3) is 9.14. The van der Waals surface area contributed by atoms with Crippen LogP contribution in [0, 0.1) is 17.8 Å².